The lowest BCUT2D eigenvalue weighted by Crippen LogP contribution is -2.29. The number of imide groups is 1. The van der Waals surface area contributed by atoms with Crippen molar-refractivity contribution in [3.8, 4) is 5.75 Å². The maximum Gasteiger partial charge on any atom is 0.338 e. The number of esters is 1. The average Bonchev–Trinajstić information content (AvgIpc) is 3.09. The number of amides is 2. The normalized spacial score (nSPS) is 12.5. The smallest absolute Gasteiger partial charge is 0.338 e. The van der Waals surface area contributed by atoms with Gasteiger partial charge in [-0.25, -0.2) is 9.69 Å². The van der Waals surface area contributed by atoms with Gasteiger partial charge in [-0.1, -0.05) is 17.7 Å². The molecule has 0 N–H and O–H groups in total. The van der Waals surface area contributed by atoms with Gasteiger partial charge in [-0.05, 0) is 74.9 Å². The minimum Gasteiger partial charge on any atom is -0.494 e. The molecule has 0 atom stereocenters. The first-order chi connectivity index (χ1) is 16.3. The van der Waals surface area contributed by atoms with Crippen molar-refractivity contribution in [1.29, 1.82) is 0 Å². The number of carbonyl (C=O) groups is 4. The van der Waals surface area contributed by atoms with Crippen LogP contribution in [0.15, 0.2) is 60.7 Å². The van der Waals surface area contributed by atoms with Gasteiger partial charge in [0.2, 0.25) is 5.78 Å². The van der Waals surface area contributed by atoms with Crippen LogP contribution in [0.4, 0.5) is 5.69 Å². The summed E-state index contributed by atoms with van der Waals surface area (Å²) in [5.41, 5.74) is 3.01. The average molecular weight is 457 g/mol. The van der Waals surface area contributed by atoms with Crippen LogP contribution in [-0.2, 0) is 4.74 Å². The molecule has 4 rings (SSSR count). The van der Waals surface area contributed by atoms with Gasteiger partial charge in [0, 0.05) is 5.56 Å². The molecule has 0 radical (unpaired) electrons. The van der Waals surface area contributed by atoms with E-state index in [4.69, 9.17) is 9.47 Å². The summed E-state index contributed by atoms with van der Waals surface area (Å²) < 4.78 is 10.6. The fourth-order valence-corrected chi connectivity index (χ4v) is 3.79. The Bertz CT molecular complexity index is 1310. The Morgan fingerprint density at radius 1 is 0.853 bits per heavy atom. The minimum atomic E-state index is -0.749. The van der Waals surface area contributed by atoms with Crippen molar-refractivity contribution in [2.45, 2.75) is 20.8 Å². The van der Waals surface area contributed by atoms with Crippen LogP contribution in [0.1, 0.15) is 59.5 Å². The Labute approximate surface area is 196 Å². The Hall–Kier alpha value is -4.26. The second-order valence-corrected chi connectivity index (χ2v) is 7.95. The monoisotopic (exact) mass is 457 g/mol. The van der Waals surface area contributed by atoms with Crippen LogP contribution >= 0.6 is 0 Å². The van der Waals surface area contributed by atoms with Crippen LogP contribution in [0.5, 0.6) is 5.75 Å². The summed E-state index contributed by atoms with van der Waals surface area (Å²) in [7, 11) is 0. The molecule has 0 saturated heterocycles. The number of Topliss-reactive ketones (excluding diaryl/α,β-unsaturated/α-hetero) is 1. The van der Waals surface area contributed by atoms with E-state index in [1.54, 1.807) is 30.3 Å². The van der Waals surface area contributed by atoms with Crippen molar-refractivity contribution in [3.63, 3.8) is 0 Å². The predicted molar refractivity (Wildman–Crippen MR) is 126 cm³/mol. The van der Waals surface area contributed by atoms with Crippen molar-refractivity contribution in [2.24, 2.45) is 0 Å². The molecule has 1 aliphatic rings. The number of ketones is 1. The number of aryl methyl sites for hydroxylation is 2. The Morgan fingerprint density at radius 2 is 1.56 bits per heavy atom. The van der Waals surface area contributed by atoms with E-state index < -0.39 is 24.4 Å². The number of carbonyl (C=O) groups excluding carboxylic acids is 4. The van der Waals surface area contributed by atoms with E-state index in [-0.39, 0.29) is 22.5 Å². The quantitative estimate of drug-likeness (QED) is 0.294. The molecule has 0 aromatic heterocycles. The van der Waals surface area contributed by atoms with Crippen LogP contribution in [0.25, 0.3) is 0 Å². The van der Waals surface area contributed by atoms with Gasteiger partial charge in [0.25, 0.3) is 11.8 Å². The first-order valence-corrected chi connectivity index (χ1v) is 10.8. The van der Waals surface area contributed by atoms with Crippen LogP contribution in [0, 0.1) is 13.8 Å². The summed E-state index contributed by atoms with van der Waals surface area (Å²) >= 11 is 0. The zero-order valence-electron chi connectivity index (χ0n) is 19.1. The molecular weight excluding hydrogens is 434 g/mol. The molecule has 1 aliphatic heterocycles. The lowest BCUT2D eigenvalue weighted by atomic mass is 10.0. The van der Waals surface area contributed by atoms with Crippen LogP contribution in [0.3, 0.4) is 0 Å². The number of ether oxygens (including phenoxy) is 2. The van der Waals surface area contributed by atoms with E-state index in [2.05, 4.69) is 0 Å². The number of nitrogens with zero attached hydrogens (tertiary/aromatic N) is 1. The molecule has 34 heavy (non-hydrogen) atoms. The highest BCUT2D eigenvalue weighted by Crippen LogP contribution is 2.30. The molecule has 7 heteroatoms. The number of anilines is 1. The van der Waals surface area contributed by atoms with Gasteiger partial charge in [0.05, 0.1) is 29.0 Å². The summed E-state index contributed by atoms with van der Waals surface area (Å²) in [4.78, 5) is 52.0. The van der Waals surface area contributed by atoms with Crippen LogP contribution in [-0.4, -0.2) is 36.8 Å². The van der Waals surface area contributed by atoms with Crippen molar-refractivity contribution in [2.75, 3.05) is 18.1 Å². The maximum atomic E-state index is 13.0. The number of rotatable bonds is 7. The molecule has 0 saturated carbocycles. The third kappa shape index (κ3) is 4.32. The summed E-state index contributed by atoms with van der Waals surface area (Å²) in [6, 6.07) is 16.3. The molecule has 172 valence electrons. The van der Waals surface area contributed by atoms with E-state index in [0.29, 0.717) is 23.6 Å². The van der Waals surface area contributed by atoms with Gasteiger partial charge >= 0.3 is 5.97 Å². The second-order valence-electron chi connectivity index (χ2n) is 7.95. The summed E-state index contributed by atoms with van der Waals surface area (Å²) in [6.07, 6.45) is 0. The van der Waals surface area contributed by atoms with E-state index in [0.717, 1.165) is 16.0 Å². The Balaban J connectivity index is 1.49. The van der Waals surface area contributed by atoms with E-state index in [1.165, 1.54) is 18.2 Å². The zero-order valence-corrected chi connectivity index (χ0v) is 19.1. The number of hydrogen-bond acceptors (Lipinski definition) is 6. The second kappa shape index (κ2) is 9.31. The highest BCUT2D eigenvalue weighted by Gasteiger charge is 2.37. The van der Waals surface area contributed by atoms with Gasteiger partial charge in [-0.3, -0.25) is 14.4 Å². The number of fused-ring (bicyclic) bond motifs is 1. The van der Waals surface area contributed by atoms with Crippen LogP contribution < -0.4 is 9.64 Å². The zero-order chi connectivity index (χ0) is 24.4. The van der Waals surface area contributed by atoms with E-state index in [1.807, 2.05) is 32.9 Å². The van der Waals surface area contributed by atoms with Gasteiger partial charge in [-0.15, -0.1) is 0 Å². The van der Waals surface area contributed by atoms with Gasteiger partial charge < -0.3 is 9.47 Å². The molecule has 0 bridgehead atoms. The SMILES string of the molecule is CCOc1ccc(N2C(=O)c3ccc(C(=O)OCC(=O)c4cc(C)ccc4C)cc3C2=O)cc1. The molecule has 3 aromatic carbocycles. The van der Waals surface area contributed by atoms with Gasteiger partial charge in [0.15, 0.2) is 6.61 Å². The lowest BCUT2D eigenvalue weighted by Gasteiger charge is -2.14. The fraction of sp³-hybridized carbons (Fsp3) is 0.185. The van der Waals surface area contributed by atoms with Gasteiger partial charge in [-0.2, -0.15) is 0 Å². The number of hydrogen-bond donors (Lipinski definition) is 0. The summed E-state index contributed by atoms with van der Waals surface area (Å²) in [5, 5.41) is 0. The first-order valence-electron chi connectivity index (χ1n) is 10.8. The molecule has 1 heterocycles. The highest BCUT2D eigenvalue weighted by molar-refractivity contribution is 6.34. The van der Waals surface area contributed by atoms with Crippen molar-refractivity contribution >= 4 is 29.3 Å². The highest BCUT2D eigenvalue weighted by atomic mass is 16.5. The fourth-order valence-electron chi connectivity index (χ4n) is 3.79. The molecular formula is C27H23NO6. The van der Waals surface area contributed by atoms with E-state index in [9.17, 15) is 19.2 Å². The van der Waals surface area contributed by atoms with Crippen molar-refractivity contribution in [3.05, 3.63) is 94.0 Å². The van der Waals surface area contributed by atoms with Gasteiger partial charge in [0.1, 0.15) is 5.75 Å². The first kappa shape index (κ1) is 22.9. The molecule has 0 unspecified atom stereocenters. The third-order valence-electron chi connectivity index (χ3n) is 5.56. The van der Waals surface area contributed by atoms with Crippen molar-refractivity contribution in [1.82, 2.24) is 0 Å². The molecule has 0 fully saturated rings. The largest absolute Gasteiger partial charge is 0.494 e. The molecule has 2 amide bonds. The van der Waals surface area contributed by atoms with Crippen molar-refractivity contribution < 1.29 is 28.7 Å². The lowest BCUT2D eigenvalue weighted by molar-refractivity contribution is 0.0474. The maximum absolute atomic E-state index is 13.0. The van der Waals surface area contributed by atoms with E-state index >= 15 is 0 Å². The standard InChI is InChI=1S/C27H23NO6/c1-4-33-20-10-8-19(9-11-20)28-25(30)21-12-7-18(14-23(21)26(28)31)27(32)34-15-24(29)22-13-16(2)5-6-17(22)3/h5-14H,4,15H2,1-3H3. The molecule has 7 nitrogen and oxygen atoms in total. The molecule has 3 aromatic rings. The summed E-state index contributed by atoms with van der Waals surface area (Å²) in [6.45, 7) is 5.63. The predicted octanol–water partition coefficient (Wildman–Crippen LogP) is 4.54. The summed E-state index contributed by atoms with van der Waals surface area (Å²) in [5.74, 6) is -1.45. The topological polar surface area (TPSA) is 90.0 Å². The Morgan fingerprint density at radius 3 is 2.26 bits per heavy atom. The number of benzene rings is 3. The Kier molecular flexibility index (Phi) is 6.27. The molecule has 0 aliphatic carbocycles. The third-order valence-corrected chi connectivity index (χ3v) is 5.56. The molecule has 0 spiro atoms. The van der Waals surface area contributed by atoms with Crippen LogP contribution in [0.2, 0.25) is 0 Å². The minimum absolute atomic E-state index is 0.0854.